The highest BCUT2D eigenvalue weighted by Crippen LogP contribution is 2.24. The van der Waals surface area contributed by atoms with Crippen molar-refractivity contribution in [3.63, 3.8) is 0 Å². The van der Waals surface area contributed by atoms with E-state index in [9.17, 15) is 0 Å². The zero-order valence-electron chi connectivity index (χ0n) is 9.40. The van der Waals surface area contributed by atoms with Crippen LogP contribution in [0.1, 0.15) is 31.3 Å². The Kier molecular flexibility index (Phi) is 3.39. The summed E-state index contributed by atoms with van der Waals surface area (Å²) in [7, 11) is 0. The second-order valence-electron chi connectivity index (χ2n) is 4.42. The zero-order chi connectivity index (χ0) is 10.7. The van der Waals surface area contributed by atoms with Gasteiger partial charge in [0.05, 0.1) is 13.2 Å². The van der Waals surface area contributed by atoms with E-state index < -0.39 is 0 Å². The van der Waals surface area contributed by atoms with Gasteiger partial charge in [-0.2, -0.15) is 0 Å². The molecule has 0 atom stereocenters. The summed E-state index contributed by atoms with van der Waals surface area (Å²) < 4.78 is 11.0. The molecule has 0 saturated carbocycles. The summed E-state index contributed by atoms with van der Waals surface area (Å²) in [6, 6.07) is 8.51. The Bertz CT molecular complexity index is 314. The van der Waals surface area contributed by atoms with Gasteiger partial charge >= 0.3 is 0 Å². The van der Waals surface area contributed by atoms with E-state index in [1.165, 1.54) is 5.56 Å². The molecule has 1 fully saturated rings. The fourth-order valence-corrected chi connectivity index (χ4v) is 1.89. The highest BCUT2D eigenvalue weighted by atomic mass is 16.7. The summed E-state index contributed by atoms with van der Waals surface area (Å²) in [5.74, 6) is 0.686. The average Bonchev–Trinajstić information content (AvgIpc) is 2.69. The maximum atomic E-state index is 5.48. The molecule has 2 heteroatoms. The van der Waals surface area contributed by atoms with Gasteiger partial charge in [0.1, 0.15) is 0 Å². The molecule has 2 rings (SSSR count). The molecule has 0 bridgehead atoms. The van der Waals surface area contributed by atoms with Gasteiger partial charge < -0.3 is 9.47 Å². The van der Waals surface area contributed by atoms with Crippen LogP contribution in [0.15, 0.2) is 24.3 Å². The fraction of sp³-hybridized carbons (Fsp3) is 0.538. The van der Waals surface area contributed by atoms with Crippen molar-refractivity contribution in [1.29, 1.82) is 0 Å². The monoisotopic (exact) mass is 206 g/mol. The molecule has 1 aromatic carbocycles. The molecule has 0 spiro atoms. The standard InChI is InChI=1S/C13H18O2/c1-10(2)8-11-4-3-5-12(9-11)13-14-6-7-15-13/h3-5,9-10,13H,6-8H2,1-2H3. The summed E-state index contributed by atoms with van der Waals surface area (Å²) in [5.41, 5.74) is 2.51. The predicted molar refractivity (Wildman–Crippen MR) is 59.6 cm³/mol. The molecule has 1 saturated heterocycles. The van der Waals surface area contributed by atoms with Crippen molar-refractivity contribution < 1.29 is 9.47 Å². The van der Waals surface area contributed by atoms with Gasteiger partial charge in [0, 0.05) is 5.56 Å². The van der Waals surface area contributed by atoms with E-state index in [-0.39, 0.29) is 6.29 Å². The maximum Gasteiger partial charge on any atom is 0.184 e. The third-order valence-corrected chi connectivity index (χ3v) is 2.49. The minimum atomic E-state index is -0.142. The molecule has 0 N–H and O–H groups in total. The van der Waals surface area contributed by atoms with Crippen LogP contribution < -0.4 is 0 Å². The molecule has 82 valence electrons. The summed E-state index contributed by atoms with van der Waals surface area (Å²) in [4.78, 5) is 0. The molecule has 1 heterocycles. The van der Waals surface area contributed by atoms with Crippen molar-refractivity contribution in [1.82, 2.24) is 0 Å². The average molecular weight is 206 g/mol. The van der Waals surface area contributed by atoms with Gasteiger partial charge in [-0.1, -0.05) is 38.1 Å². The van der Waals surface area contributed by atoms with Crippen LogP contribution in [-0.2, 0) is 15.9 Å². The van der Waals surface area contributed by atoms with Crippen LogP contribution in [0.25, 0.3) is 0 Å². The van der Waals surface area contributed by atoms with Gasteiger partial charge in [0.2, 0.25) is 0 Å². The van der Waals surface area contributed by atoms with Crippen molar-refractivity contribution in [2.24, 2.45) is 5.92 Å². The first-order valence-electron chi connectivity index (χ1n) is 5.58. The van der Waals surface area contributed by atoms with Crippen LogP contribution in [0.4, 0.5) is 0 Å². The number of hydrogen-bond donors (Lipinski definition) is 0. The Morgan fingerprint density at radius 1 is 1.27 bits per heavy atom. The van der Waals surface area contributed by atoms with Gasteiger partial charge in [-0.05, 0) is 17.9 Å². The van der Waals surface area contributed by atoms with Crippen molar-refractivity contribution in [3.8, 4) is 0 Å². The van der Waals surface area contributed by atoms with Crippen molar-refractivity contribution >= 4 is 0 Å². The second kappa shape index (κ2) is 4.77. The maximum absolute atomic E-state index is 5.48. The number of ether oxygens (including phenoxy) is 2. The Labute approximate surface area is 91.2 Å². The van der Waals surface area contributed by atoms with E-state index in [0.717, 1.165) is 12.0 Å². The Hall–Kier alpha value is -0.860. The first kappa shape index (κ1) is 10.7. The Balaban J connectivity index is 2.11. The third kappa shape index (κ3) is 2.80. The predicted octanol–water partition coefficient (Wildman–Crippen LogP) is 2.93. The second-order valence-corrected chi connectivity index (χ2v) is 4.42. The van der Waals surface area contributed by atoms with E-state index in [1.807, 2.05) is 0 Å². The van der Waals surface area contributed by atoms with E-state index >= 15 is 0 Å². The number of hydrogen-bond acceptors (Lipinski definition) is 2. The summed E-state index contributed by atoms with van der Waals surface area (Å²) in [6.07, 6.45) is 0.970. The molecule has 0 aliphatic carbocycles. The van der Waals surface area contributed by atoms with E-state index in [4.69, 9.17) is 9.47 Å². The highest BCUT2D eigenvalue weighted by Gasteiger charge is 2.18. The lowest BCUT2D eigenvalue weighted by atomic mass is 10.0. The van der Waals surface area contributed by atoms with Crippen molar-refractivity contribution in [2.45, 2.75) is 26.6 Å². The first-order chi connectivity index (χ1) is 7.25. The quantitative estimate of drug-likeness (QED) is 0.757. The van der Waals surface area contributed by atoms with Crippen molar-refractivity contribution in [2.75, 3.05) is 13.2 Å². The first-order valence-corrected chi connectivity index (χ1v) is 5.58. The summed E-state index contributed by atoms with van der Waals surface area (Å²) >= 11 is 0. The molecule has 0 aromatic heterocycles. The van der Waals surface area contributed by atoms with E-state index in [1.54, 1.807) is 0 Å². The molecular weight excluding hydrogens is 188 g/mol. The fourth-order valence-electron chi connectivity index (χ4n) is 1.89. The lowest BCUT2D eigenvalue weighted by Gasteiger charge is -2.11. The minimum absolute atomic E-state index is 0.142. The lowest BCUT2D eigenvalue weighted by molar-refractivity contribution is -0.0441. The minimum Gasteiger partial charge on any atom is -0.346 e. The topological polar surface area (TPSA) is 18.5 Å². The summed E-state index contributed by atoms with van der Waals surface area (Å²) in [6.45, 7) is 5.88. The van der Waals surface area contributed by atoms with Gasteiger partial charge in [-0.3, -0.25) is 0 Å². The van der Waals surface area contributed by atoms with Gasteiger partial charge in [-0.15, -0.1) is 0 Å². The van der Waals surface area contributed by atoms with E-state index in [2.05, 4.69) is 38.1 Å². The molecule has 0 amide bonds. The SMILES string of the molecule is CC(C)Cc1cccc(C2OCCO2)c1. The zero-order valence-corrected chi connectivity index (χ0v) is 9.40. The Morgan fingerprint density at radius 2 is 2.00 bits per heavy atom. The van der Waals surface area contributed by atoms with Crippen LogP contribution in [-0.4, -0.2) is 13.2 Å². The van der Waals surface area contributed by atoms with Crippen LogP contribution >= 0.6 is 0 Å². The molecule has 2 nitrogen and oxygen atoms in total. The molecular formula is C13H18O2. The van der Waals surface area contributed by atoms with Crippen LogP contribution in [0.3, 0.4) is 0 Å². The van der Waals surface area contributed by atoms with Gasteiger partial charge in [0.15, 0.2) is 6.29 Å². The Morgan fingerprint density at radius 3 is 2.67 bits per heavy atom. The summed E-state index contributed by atoms with van der Waals surface area (Å²) in [5, 5.41) is 0. The third-order valence-electron chi connectivity index (χ3n) is 2.49. The number of rotatable bonds is 3. The van der Waals surface area contributed by atoms with Crippen LogP contribution in [0.5, 0.6) is 0 Å². The molecule has 1 aromatic rings. The molecule has 0 unspecified atom stereocenters. The molecule has 1 aliphatic rings. The van der Waals surface area contributed by atoms with Gasteiger partial charge in [0.25, 0.3) is 0 Å². The molecule has 0 radical (unpaired) electrons. The molecule has 15 heavy (non-hydrogen) atoms. The van der Waals surface area contributed by atoms with Crippen LogP contribution in [0, 0.1) is 5.92 Å². The van der Waals surface area contributed by atoms with Gasteiger partial charge in [-0.25, -0.2) is 0 Å². The van der Waals surface area contributed by atoms with Crippen molar-refractivity contribution in [3.05, 3.63) is 35.4 Å². The van der Waals surface area contributed by atoms with Crippen LogP contribution in [0.2, 0.25) is 0 Å². The lowest BCUT2D eigenvalue weighted by Crippen LogP contribution is -2.00. The largest absolute Gasteiger partial charge is 0.346 e. The van der Waals surface area contributed by atoms with E-state index in [0.29, 0.717) is 19.1 Å². The molecule has 1 aliphatic heterocycles. The number of benzene rings is 1. The smallest absolute Gasteiger partial charge is 0.184 e. The normalized spacial score (nSPS) is 17.5. The highest BCUT2D eigenvalue weighted by molar-refractivity contribution is 5.25.